The van der Waals surface area contributed by atoms with Crippen molar-refractivity contribution in [3.05, 3.63) is 0 Å². The Hall–Kier alpha value is -0.160. The predicted octanol–water partition coefficient (Wildman–Crippen LogP) is 2.52. The third-order valence-electron chi connectivity index (χ3n) is 5.66. The Kier molecular flexibility index (Phi) is 4.60. The van der Waals surface area contributed by atoms with Gasteiger partial charge in [0.2, 0.25) is 0 Å². The molecule has 0 bridgehead atoms. The van der Waals surface area contributed by atoms with Gasteiger partial charge in [0.25, 0.3) is 0 Å². The first-order valence-corrected chi connectivity index (χ1v) is 8.84. The van der Waals surface area contributed by atoms with Crippen molar-refractivity contribution in [2.24, 2.45) is 0 Å². The Morgan fingerprint density at radius 2 is 1.95 bits per heavy atom. The minimum absolute atomic E-state index is 0.284. The van der Waals surface area contributed by atoms with E-state index in [1.165, 1.54) is 25.8 Å². The summed E-state index contributed by atoms with van der Waals surface area (Å²) in [6, 6.07) is 1.13. The molecule has 2 saturated heterocycles. The van der Waals surface area contributed by atoms with Crippen LogP contribution in [0.3, 0.4) is 0 Å². The Labute approximate surface area is 129 Å². The van der Waals surface area contributed by atoms with Crippen LogP contribution in [0.2, 0.25) is 0 Å². The van der Waals surface area contributed by atoms with Gasteiger partial charge in [-0.3, -0.25) is 4.90 Å². The second-order valence-electron chi connectivity index (χ2n) is 7.59. The molecule has 3 rings (SSSR count). The van der Waals surface area contributed by atoms with Crippen molar-refractivity contribution in [1.82, 2.24) is 10.2 Å². The van der Waals surface area contributed by atoms with Crippen LogP contribution in [-0.2, 0) is 9.47 Å². The SMILES string of the molecule is CCCNC1CCC2(CC1N1CCCC1(C)C)OCCO2. The van der Waals surface area contributed by atoms with Gasteiger partial charge < -0.3 is 14.8 Å². The molecule has 3 aliphatic rings. The summed E-state index contributed by atoms with van der Waals surface area (Å²) in [5.74, 6) is -0.284. The summed E-state index contributed by atoms with van der Waals surface area (Å²) >= 11 is 0. The van der Waals surface area contributed by atoms with Crippen molar-refractivity contribution in [2.45, 2.75) is 82.7 Å². The third kappa shape index (κ3) is 3.14. The van der Waals surface area contributed by atoms with E-state index in [4.69, 9.17) is 9.47 Å². The monoisotopic (exact) mass is 296 g/mol. The van der Waals surface area contributed by atoms with Crippen LogP contribution in [-0.4, -0.2) is 54.6 Å². The molecule has 1 aliphatic carbocycles. The van der Waals surface area contributed by atoms with E-state index in [0.29, 0.717) is 17.6 Å². The standard InChI is InChI=1S/C17H32N2O2/c1-4-9-18-14-6-8-17(20-11-12-21-17)13-15(14)19-10-5-7-16(19,2)3/h14-15,18H,4-13H2,1-3H3. The molecule has 1 spiro atoms. The number of likely N-dealkylation sites (tertiary alicyclic amines) is 1. The minimum Gasteiger partial charge on any atom is -0.347 e. The van der Waals surface area contributed by atoms with Crippen molar-refractivity contribution in [3.8, 4) is 0 Å². The van der Waals surface area contributed by atoms with Gasteiger partial charge in [-0.2, -0.15) is 0 Å². The fraction of sp³-hybridized carbons (Fsp3) is 1.00. The zero-order valence-corrected chi connectivity index (χ0v) is 14.0. The number of nitrogens with one attached hydrogen (secondary N) is 1. The summed E-state index contributed by atoms with van der Waals surface area (Å²) in [6.07, 6.45) is 7.05. The number of ether oxygens (including phenoxy) is 2. The average Bonchev–Trinajstić information content (AvgIpc) is 3.04. The van der Waals surface area contributed by atoms with Gasteiger partial charge >= 0.3 is 0 Å². The highest BCUT2D eigenvalue weighted by atomic mass is 16.7. The zero-order chi connectivity index (χ0) is 14.9. The third-order valence-corrected chi connectivity index (χ3v) is 5.66. The van der Waals surface area contributed by atoms with Gasteiger partial charge in [0.15, 0.2) is 5.79 Å². The Morgan fingerprint density at radius 1 is 1.19 bits per heavy atom. The van der Waals surface area contributed by atoms with E-state index in [-0.39, 0.29) is 5.79 Å². The van der Waals surface area contributed by atoms with Crippen molar-refractivity contribution in [1.29, 1.82) is 0 Å². The van der Waals surface area contributed by atoms with Crippen molar-refractivity contribution >= 4 is 0 Å². The number of nitrogens with zero attached hydrogens (tertiary/aromatic N) is 1. The second-order valence-corrected chi connectivity index (χ2v) is 7.59. The molecular weight excluding hydrogens is 264 g/mol. The van der Waals surface area contributed by atoms with E-state index in [2.05, 4.69) is 31.0 Å². The van der Waals surface area contributed by atoms with E-state index in [1.54, 1.807) is 0 Å². The molecule has 0 aromatic rings. The zero-order valence-electron chi connectivity index (χ0n) is 14.0. The van der Waals surface area contributed by atoms with Crippen LogP contribution < -0.4 is 5.32 Å². The molecule has 4 nitrogen and oxygen atoms in total. The first kappa shape index (κ1) is 15.7. The highest BCUT2D eigenvalue weighted by Gasteiger charge is 2.49. The van der Waals surface area contributed by atoms with Crippen LogP contribution in [0.5, 0.6) is 0 Å². The van der Waals surface area contributed by atoms with Crippen molar-refractivity contribution in [3.63, 3.8) is 0 Å². The summed E-state index contributed by atoms with van der Waals surface area (Å²) in [5.41, 5.74) is 0.313. The van der Waals surface area contributed by atoms with Gasteiger partial charge in [-0.1, -0.05) is 6.92 Å². The van der Waals surface area contributed by atoms with E-state index in [0.717, 1.165) is 39.0 Å². The van der Waals surface area contributed by atoms with Crippen LogP contribution in [0.4, 0.5) is 0 Å². The summed E-state index contributed by atoms with van der Waals surface area (Å²) in [5, 5.41) is 3.79. The number of hydrogen-bond acceptors (Lipinski definition) is 4. The first-order chi connectivity index (χ1) is 10.1. The van der Waals surface area contributed by atoms with E-state index < -0.39 is 0 Å². The lowest BCUT2D eigenvalue weighted by molar-refractivity contribution is -0.196. The predicted molar refractivity (Wildman–Crippen MR) is 84.4 cm³/mol. The van der Waals surface area contributed by atoms with Crippen molar-refractivity contribution in [2.75, 3.05) is 26.3 Å². The van der Waals surface area contributed by atoms with E-state index in [9.17, 15) is 0 Å². The molecule has 4 heteroatoms. The molecule has 0 radical (unpaired) electrons. The van der Waals surface area contributed by atoms with E-state index in [1.807, 2.05) is 0 Å². The molecule has 2 atom stereocenters. The average molecular weight is 296 g/mol. The molecule has 21 heavy (non-hydrogen) atoms. The molecule has 0 amide bonds. The maximum absolute atomic E-state index is 6.02. The molecule has 2 heterocycles. The fourth-order valence-corrected chi connectivity index (χ4v) is 4.53. The lowest BCUT2D eigenvalue weighted by Gasteiger charge is -2.49. The van der Waals surface area contributed by atoms with Crippen molar-refractivity contribution < 1.29 is 9.47 Å². The summed E-state index contributed by atoms with van der Waals surface area (Å²) < 4.78 is 12.0. The van der Waals surface area contributed by atoms with Crippen LogP contribution in [0.1, 0.15) is 59.3 Å². The smallest absolute Gasteiger partial charge is 0.170 e. The highest BCUT2D eigenvalue weighted by molar-refractivity contribution is 5.02. The molecule has 2 aliphatic heterocycles. The topological polar surface area (TPSA) is 33.7 Å². The normalized spacial score (nSPS) is 35.6. The second kappa shape index (κ2) is 6.15. The molecule has 0 aromatic carbocycles. The van der Waals surface area contributed by atoms with Crippen LogP contribution in [0, 0.1) is 0 Å². The molecule has 1 saturated carbocycles. The summed E-state index contributed by atoms with van der Waals surface area (Å²) in [4.78, 5) is 2.73. The van der Waals surface area contributed by atoms with Crippen LogP contribution >= 0.6 is 0 Å². The fourth-order valence-electron chi connectivity index (χ4n) is 4.53. The molecule has 2 unspecified atom stereocenters. The Morgan fingerprint density at radius 3 is 2.57 bits per heavy atom. The largest absolute Gasteiger partial charge is 0.347 e. The van der Waals surface area contributed by atoms with Gasteiger partial charge in [0.1, 0.15) is 0 Å². The maximum Gasteiger partial charge on any atom is 0.170 e. The molecule has 0 aromatic heterocycles. The highest BCUT2D eigenvalue weighted by Crippen LogP contribution is 2.42. The van der Waals surface area contributed by atoms with Gasteiger partial charge in [0, 0.05) is 30.5 Å². The molecule has 3 fully saturated rings. The quantitative estimate of drug-likeness (QED) is 0.864. The molecular formula is C17H32N2O2. The van der Waals surface area contributed by atoms with Gasteiger partial charge in [-0.15, -0.1) is 0 Å². The Bertz CT molecular complexity index is 353. The number of hydrogen-bond donors (Lipinski definition) is 1. The van der Waals surface area contributed by atoms with Gasteiger partial charge in [-0.25, -0.2) is 0 Å². The van der Waals surface area contributed by atoms with E-state index >= 15 is 0 Å². The minimum atomic E-state index is -0.284. The lowest BCUT2D eigenvalue weighted by atomic mass is 9.83. The van der Waals surface area contributed by atoms with Crippen LogP contribution in [0.25, 0.3) is 0 Å². The van der Waals surface area contributed by atoms with Gasteiger partial charge in [0.05, 0.1) is 13.2 Å². The lowest BCUT2D eigenvalue weighted by Crippen LogP contribution is -2.60. The first-order valence-electron chi connectivity index (χ1n) is 8.84. The maximum atomic E-state index is 6.02. The number of rotatable bonds is 4. The molecule has 1 N–H and O–H groups in total. The van der Waals surface area contributed by atoms with Gasteiger partial charge in [-0.05, 0) is 52.6 Å². The van der Waals surface area contributed by atoms with Crippen LogP contribution in [0.15, 0.2) is 0 Å². The Balaban J connectivity index is 1.76. The molecule has 122 valence electrons. The summed E-state index contributed by atoms with van der Waals surface area (Å²) in [6.45, 7) is 10.9. The summed E-state index contributed by atoms with van der Waals surface area (Å²) in [7, 11) is 0.